The Morgan fingerprint density at radius 2 is 2.14 bits per heavy atom. The van der Waals surface area contributed by atoms with Gasteiger partial charge in [0, 0.05) is 18.2 Å². The van der Waals surface area contributed by atoms with Crippen LogP contribution in [0, 0.1) is 5.92 Å². The zero-order chi connectivity index (χ0) is 14.5. The molecule has 1 saturated carbocycles. The number of rotatable bonds is 7. The summed E-state index contributed by atoms with van der Waals surface area (Å²) in [5.41, 5.74) is 1.39. The second kappa shape index (κ2) is 7.46. The topological polar surface area (TPSA) is 28.4 Å². The highest BCUT2D eigenvalue weighted by Gasteiger charge is 2.22. The molecule has 0 spiro atoms. The van der Waals surface area contributed by atoms with Gasteiger partial charge in [-0.2, -0.15) is 0 Å². The lowest BCUT2D eigenvalue weighted by Gasteiger charge is -2.20. The second-order valence-electron chi connectivity index (χ2n) is 6.89. The van der Waals surface area contributed by atoms with Crippen molar-refractivity contribution in [2.75, 3.05) is 13.1 Å². The average molecular weight is 290 g/mol. The third kappa shape index (κ3) is 4.58. The fraction of sp³-hybridized carbons (Fsp3) is 0.778. The van der Waals surface area contributed by atoms with Crippen LogP contribution in [0.5, 0.6) is 0 Å². The van der Waals surface area contributed by atoms with E-state index in [1.54, 1.807) is 0 Å². The molecule has 1 aromatic heterocycles. The molecular weight excluding hydrogens is 260 g/mol. The molecule has 1 aliphatic carbocycles. The molecular formula is C18H30N2O. The molecule has 3 rings (SSSR count). The van der Waals surface area contributed by atoms with Crippen LogP contribution in [0.4, 0.5) is 0 Å². The molecule has 1 aromatic rings. The Bertz CT molecular complexity index is 425. The van der Waals surface area contributed by atoms with E-state index in [9.17, 15) is 0 Å². The molecule has 0 bridgehead atoms. The third-order valence-electron chi connectivity index (χ3n) is 5.00. The first-order valence-corrected chi connectivity index (χ1v) is 8.86. The highest BCUT2D eigenvalue weighted by molar-refractivity contribution is 5.17. The second-order valence-corrected chi connectivity index (χ2v) is 6.89. The van der Waals surface area contributed by atoms with E-state index in [4.69, 9.17) is 4.42 Å². The summed E-state index contributed by atoms with van der Waals surface area (Å²) in [6.45, 7) is 6.79. The molecule has 0 amide bonds. The zero-order valence-electron chi connectivity index (χ0n) is 13.4. The van der Waals surface area contributed by atoms with Crippen LogP contribution in [0.25, 0.3) is 0 Å². The summed E-state index contributed by atoms with van der Waals surface area (Å²) in [5, 5.41) is 3.56. The highest BCUT2D eigenvalue weighted by atomic mass is 16.3. The van der Waals surface area contributed by atoms with E-state index in [0.29, 0.717) is 0 Å². The Morgan fingerprint density at radius 3 is 2.95 bits per heavy atom. The predicted octanol–water partition coefficient (Wildman–Crippen LogP) is 3.93. The summed E-state index contributed by atoms with van der Waals surface area (Å²) < 4.78 is 5.69. The number of nitrogens with zero attached hydrogens (tertiary/aromatic N) is 1. The van der Waals surface area contributed by atoms with Crippen LogP contribution in [-0.4, -0.2) is 24.0 Å². The minimum Gasteiger partial charge on any atom is -0.468 e. The lowest BCUT2D eigenvalue weighted by atomic mass is 9.96. The van der Waals surface area contributed by atoms with Gasteiger partial charge in [-0.3, -0.25) is 4.90 Å². The van der Waals surface area contributed by atoms with Crippen molar-refractivity contribution in [1.29, 1.82) is 0 Å². The van der Waals surface area contributed by atoms with Crippen LogP contribution in [0.1, 0.15) is 63.2 Å². The maximum atomic E-state index is 5.69. The molecule has 118 valence electrons. The van der Waals surface area contributed by atoms with Gasteiger partial charge in [-0.1, -0.05) is 19.8 Å². The van der Waals surface area contributed by atoms with E-state index in [0.717, 1.165) is 30.8 Å². The molecule has 1 N–H and O–H groups in total. The van der Waals surface area contributed by atoms with E-state index in [1.807, 2.05) is 6.26 Å². The maximum Gasteiger partial charge on any atom is 0.122 e. The van der Waals surface area contributed by atoms with Gasteiger partial charge in [0.1, 0.15) is 5.76 Å². The van der Waals surface area contributed by atoms with Crippen LogP contribution in [0.3, 0.4) is 0 Å². The van der Waals surface area contributed by atoms with E-state index in [1.165, 1.54) is 63.6 Å². The number of likely N-dealkylation sites (tertiary alicyclic amines) is 1. The van der Waals surface area contributed by atoms with Crippen molar-refractivity contribution < 1.29 is 4.42 Å². The van der Waals surface area contributed by atoms with E-state index < -0.39 is 0 Å². The van der Waals surface area contributed by atoms with Crippen molar-refractivity contribution in [2.24, 2.45) is 5.92 Å². The molecule has 0 aromatic carbocycles. The summed E-state index contributed by atoms with van der Waals surface area (Å²) in [7, 11) is 0. The number of hydrogen-bond acceptors (Lipinski definition) is 3. The van der Waals surface area contributed by atoms with Crippen LogP contribution in [0.2, 0.25) is 0 Å². The summed E-state index contributed by atoms with van der Waals surface area (Å²) >= 11 is 0. The van der Waals surface area contributed by atoms with Gasteiger partial charge in [0.05, 0.1) is 12.8 Å². The van der Waals surface area contributed by atoms with Gasteiger partial charge in [0.25, 0.3) is 0 Å². The third-order valence-corrected chi connectivity index (χ3v) is 5.00. The SMILES string of the molecule is CCCC1CCCN(Cc2ccoc2CNC2CC2)CC1. The van der Waals surface area contributed by atoms with Crippen molar-refractivity contribution in [1.82, 2.24) is 10.2 Å². The van der Waals surface area contributed by atoms with Crippen LogP contribution >= 0.6 is 0 Å². The van der Waals surface area contributed by atoms with Gasteiger partial charge in [-0.05, 0) is 57.2 Å². The van der Waals surface area contributed by atoms with E-state index >= 15 is 0 Å². The van der Waals surface area contributed by atoms with Crippen LogP contribution in [-0.2, 0) is 13.1 Å². The number of hydrogen-bond donors (Lipinski definition) is 1. The Labute approximate surface area is 129 Å². The maximum absolute atomic E-state index is 5.69. The normalized spacial score (nSPS) is 24.1. The fourth-order valence-corrected chi connectivity index (χ4v) is 3.51. The Kier molecular flexibility index (Phi) is 5.37. The van der Waals surface area contributed by atoms with Gasteiger partial charge in [0.2, 0.25) is 0 Å². The number of furan rings is 1. The van der Waals surface area contributed by atoms with Crippen LogP contribution < -0.4 is 5.32 Å². The first-order chi connectivity index (χ1) is 10.3. The fourth-order valence-electron chi connectivity index (χ4n) is 3.51. The molecule has 1 aliphatic heterocycles. The van der Waals surface area contributed by atoms with Crippen molar-refractivity contribution in [3.8, 4) is 0 Å². The summed E-state index contributed by atoms with van der Waals surface area (Å²) in [6.07, 6.45) is 11.4. The van der Waals surface area contributed by atoms with Gasteiger partial charge >= 0.3 is 0 Å². The monoisotopic (exact) mass is 290 g/mol. The Hall–Kier alpha value is -0.800. The molecule has 3 nitrogen and oxygen atoms in total. The quantitative estimate of drug-likeness (QED) is 0.824. The largest absolute Gasteiger partial charge is 0.468 e. The predicted molar refractivity (Wildman–Crippen MR) is 86.1 cm³/mol. The minimum atomic E-state index is 0.746. The first-order valence-electron chi connectivity index (χ1n) is 8.86. The summed E-state index contributed by atoms with van der Waals surface area (Å²) in [4.78, 5) is 2.63. The summed E-state index contributed by atoms with van der Waals surface area (Å²) in [5.74, 6) is 2.11. The van der Waals surface area contributed by atoms with Gasteiger partial charge in [-0.15, -0.1) is 0 Å². The Morgan fingerprint density at radius 1 is 1.24 bits per heavy atom. The molecule has 2 aliphatic rings. The molecule has 0 radical (unpaired) electrons. The molecule has 1 unspecified atom stereocenters. The van der Waals surface area contributed by atoms with Crippen molar-refractivity contribution in [2.45, 2.75) is 71.0 Å². The van der Waals surface area contributed by atoms with Gasteiger partial charge in [-0.25, -0.2) is 0 Å². The highest BCUT2D eigenvalue weighted by Crippen LogP contribution is 2.24. The Balaban J connectivity index is 1.50. The molecule has 3 heteroatoms. The minimum absolute atomic E-state index is 0.746. The van der Waals surface area contributed by atoms with Crippen LogP contribution in [0.15, 0.2) is 16.7 Å². The smallest absolute Gasteiger partial charge is 0.122 e. The molecule has 2 heterocycles. The average Bonchev–Trinajstić information content (AvgIpc) is 3.24. The number of nitrogens with one attached hydrogen (secondary N) is 1. The van der Waals surface area contributed by atoms with E-state index in [2.05, 4.69) is 23.2 Å². The van der Waals surface area contributed by atoms with Crippen molar-refractivity contribution >= 4 is 0 Å². The van der Waals surface area contributed by atoms with Gasteiger partial charge < -0.3 is 9.73 Å². The lowest BCUT2D eigenvalue weighted by Crippen LogP contribution is -2.25. The molecule has 1 atom stereocenters. The zero-order valence-corrected chi connectivity index (χ0v) is 13.4. The lowest BCUT2D eigenvalue weighted by molar-refractivity contribution is 0.268. The first kappa shape index (κ1) is 15.1. The van der Waals surface area contributed by atoms with Crippen molar-refractivity contribution in [3.05, 3.63) is 23.7 Å². The van der Waals surface area contributed by atoms with Gasteiger partial charge in [0.15, 0.2) is 0 Å². The standard InChI is InChI=1S/C18H30N2O/c1-2-4-15-5-3-10-20(11-8-15)14-16-9-12-21-18(16)13-19-17-6-7-17/h9,12,15,17,19H,2-8,10-11,13-14H2,1H3. The van der Waals surface area contributed by atoms with Crippen molar-refractivity contribution in [3.63, 3.8) is 0 Å². The molecule has 2 fully saturated rings. The van der Waals surface area contributed by atoms with E-state index in [-0.39, 0.29) is 0 Å². The molecule has 1 saturated heterocycles. The molecule has 21 heavy (non-hydrogen) atoms. The summed E-state index contributed by atoms with van der Waals surface area (Å²) in [6, 6.07) is 2.91.